The molecule has 0 fully saturated rings. The minimum Gasteiger partial charge on any atom is -0.398 e. The molecule has 4 rings (SSSR count). The predicted molar refractivity (Wildman–Crippen MR) is 168 cm³/mol. The fraction of sp³-hybridized carbons (Fsp3) is 0.143. The van der Waals surface area contributed by atoms with Crippen molar-refractivity contribution in [1.82, 2.24) is 0 Å². The first-order valence-corrected chi connectivity index (χ1v) is 13.6. The smallest absolute Gasteiger partial charge is 0.398 e. The van der Waals surface area contributed by atoms with Crippen LogP contribution in [-0.4, -0.2) is 12.4 Å². The molecule has 14 heteroatoms. The zero-order chi connectivity index (χ0) is 31.6. The molecule has 4 nitrogen and oxygen atoms in total. The zero-order valence-corrected chi connectivity index (χ0v) is 25.1. The van der Waals surface area contributed by atoms with Gasteiger partial charge in [0, 0.05) is 42.3 Å². The van der Waals surface area contributed by atoms with Crippen LogP contribution in [0, 0.1) is 0 Å². The van der Waals surface area contributed by atoms with Crippen LogP contribution in [-0.2, 0) is 11.8 Å². The van der Waals surface area contributed by atoms with Crippen molar-refractivity contribution in [1.29, 1.82) is 0 Å². The van der Waals surface area contributed by atoms with Crippen LogP contribution in [0.1, 0.15) is 22.3 Å². The topological polar surface area (TPSA) is 104 Å². The van der Waals surface area contributed by atoms with Gasteiger partial charge in [0.2, 0.25) is 5.41 Å². The van der Waals surface area contributed by atoms with Crippen molar-refractivity contribution in [3.05, 3.63) is 95.1 Å². The molecule has 0 saturated carbocycles. The summed E-state index contributed by atoms with van der Waals surface area (Å²) in [5.41, 5.74) is 19.8. The van der Waals surface area contributed by atoms with Crippen LogP contribution in [0.15, 0.2) is 92.4 Å². The lowest BCUT2D eigenvalue weighted by molar-refractivity contribution is -0.288. The molecule has 0 saturated heterocycles. The van der Waals surface area contributed by atoms with E-state index in [1.165, 1.54) is 0 Å². The summed E-state index contributed by atoms with van der Waals surface area (Å²) in [6.45, 7) is 0. The molecule has 42 heavy (non-hydrogen) atoms. The van der Waals surface area contributed by atoms with Gasteiger partial charge in [-0.25, -0.2) is 0 Å². The predicted octanol–water partition coefficient (Wildman–Crippen LogP) is 7.86. The van der Waals surface area contributed by atoms with Crippen molar-refractivity contribution < 1.29 is 26.3 Å². The number of alkyl halides is 6. The zero-order valence-electron chi connectivity index (χ0n) is 21.5. The van der Waals surface area contributed by atoms with Crippen molar-refractivity contribution in [2.45, 2.75) is 43.8 Å². The average Bonchev–Trinajstić information content (AvgIpc) is 2.87. The lowest BCUT2D eigenvalue weighted by atomic mass is 9.73. The summed E-state index contributed by atoms with van der Waals surface area (Å²) < 4.78 is 83.2. The molecule has 0 bridgehead atoms. The third kappa shape index (κ3) is 6.99. The Labute approximate surface area is 260 Å². The van der Waals surface area contributed by atoms with Crippen LogP contribution >= 0.6 is 50.5 Å². The van der Waals surface area contributed by atoms with E-state index < -0.39 is 28.9 Å². The summed E-state index contributed by atoms with van der Waals surface area (Å²) in [5, 5.41) is 0. The Balaban J connectivity index is 0.000000247. The molecule has 0 aromatic heterocycles. The Morgan fingerprint density at radius 2 is 0.810 bits per heavy atom. The highest BCUT2D eigenvalue weighted by Gasteiger charge is 2.72. The Kier molecular flexibility index (Phi) is 10.2. The number of benzene rings is 4. The van der Waals surface area contributed by atoms with Gasteiger partial charge < -0.3 is 22.9 Å². The molecule has 0 aliphatic rings. The number of hydrogen-bond acceptors (Lipinski definition) is 8. The molecular weight excluding hydrogens is 635 g/mol. The number of thiol groups is 4. The van der Waals surface area contributed by atoms with Crippen LogP contribution < -0.4 is 22.9 Å². The number of hydrogen-bond donors (Lipinski definition) is 8. The summed E-state index contributed by atoms with van der Waals surface area (Å²) in [7, 11) is 0. The maximum atomic E-state index is 13.9. The summed E-state index contributed by atoms with van der Waals surface area (Å²) in [6, 6.07) is 16.3. The third-order valence-corrected chi connectivity index (χ3v) is 7.96. The Morgan fingerprint density at radius 1 is 0.452 bits per heavy atom. The second-order valence-electron chi connectivity index (χ2n) is 9.26. The number of halogens is 6. The van der Waals surface area contributed by atoms with E-state index in [1.807, 2.05) is 36.4 Å². The van der Waals surface area contributed by atoms with Gasteiger partial charge in [-0.3, -0.25) is 0 Å². The van der Waals surface area contributed by atoms with Crippen LogP contribution in [0.5, 0.6) is 0 Å². The molecule has 224 valence electrons. The molecule has 0 radical (unpaired) electrons. The van der Waals surface area contributed by atoms with E-state index in [0.717, 1.165) is 39.5 Å². The minimum absolute atomic E-state index is 0.0440. The highest BCUT2D eigenvalue weighted by atomic mass is 32.1. The van der Waals surface area contributed by atoms with E-state index in [1.54, 1.807) is 0 Å². The highest BCUT2D eigenvalue weighted by Crippen LogP contribution is 2.57. The Morgan fingerprint density at radius 3 is 1.10 bits per heavy atom. The standard InChI is InChI=1S/C15H12F6N2S2.C13H14N2S2/c16-14(17,18)13(15(19,20)21,7-1-3-9(22)11(24)5-7)8-2-4-10(23)12(25)6-8;14-10-6-8(1-3-12(10)16)5-9-2-4-13(17)11(15)7-9/h1-6,24-25H,22-23H2;1-4,6-7,16-17H,5,14-15H2. The van der Waals surface area contributed by atoms with E-state index in [2.05, 4.69) is 50.5 Å². The van der Waals surface area contributed by atoms with Gasteiger partial charge in [0.05, 0.1) is 0 Å². The van der Waals surface area contributed by atoms with Crippen molar-refractivity contribution in [2.75, 3.05) is 22.9 Å². The molecule has 0 atom stereocenters. The highest BCUT2D eigenvalue weighted by molar-refractivity contribution is 7.81. The minimum atomic E-state index is -5.70. The Hall–Kier alpha value is -2.94. The van der Waals surface area contributed by atoms with E-state index in [9.17, 15) is 26.3 Å². The fourth-order valence-electron chi connectivity index (χ4n) is 4.20. The maximum absolute atomic E-state index is 13.9. The van der Waals surface area contributed by atoms with Crippen LogP contribution in [0.25, 0.3) is 0 Å². The van der Waals surface area contributed by atoms with E-state index in [4.69, 9.17) is 22.9 Å². The largest absolute Gasteiger partial charge is 0.411 e. The maximum Gasteiger partial charge on any atom is 0.411 e. The second kappa shape index (κ2) is 12.7. The van der Waals surface area contributed by atoms with Crippen molar-refractivity contribution >= 4 is 73.3 Å². The summed E-state index contributed by atoms with van der Waals surface area (Å²) in [5.74, 6) is 0. The molecule has 0 heterocycles. The molecule has 4 aromatic rings. The lowest BCUT2D eigenvalue weighted by Crippen LogP contribution is -2.54. The first kappa shape index (κ1) is 33.6. The van der Waals surface area contributed by atoms with E-state index in [0.29, 0.717) is 35.6 Å². The van der Waals surface area contributed by atoms with Gasteiger partial charge in [0.25, 0.3) is 0 Å². The normalized spacial score (nSPS) is 12.0. The monoisotopic (exact) mass is 660 g/mol. The lowest BCUT2D eigenvalue weighted by Gasteiger charge is -2.38. The van der Waals surface area contributed by atoms with Crippen molar-refractivity contribution in [2.24, 2.45) is 0 Å². The SMILES string of the molecule is Nc1cc(Cc2ccc(S)c(N)c2)ccc1S.Nc1ccc(C(c2ccc(N)c(S)c2)(C(F)(F)F)C(F)(F)F)cc1S. The average molecular weight is 661 g/mol. The van der Waals surface area contributed by atoms with Crippen LogP contribution in [0.3, 0.4) is 0 Å². The molecule has 0 aliphatic heterocycles. The van der Waals surface area contributed by atoms with Gasteiger partial charge in [0.15, 0.2) is 0 Å². The van der Waals surface area contributed by atoms with E-state index in [-0.39, 0.29) is 21.2 Å². The second-order valence-corrected chi connectivity index (χ2v) is 11.2. The molecule has 8 N–H and O–H groups in total. The number of nitrogens with two attached hydrogens (primary N) is 4. The molecule has 0 amide bonds. The van der Waals surface area contributed by atoms with E-state index >= 15 is 0 Å². The first-order valence-electron chi connectivity index (χ1n) is 11.8. The van der Waals surface area contributed by atoms with Crippen molar-refractivity contribution in [3.63, 3.8) is 0 Å². The summed E-state index contributed by atoms with van der Waals surface area (Å²) in [4.78, 5) is 1.21. The van der Waals surface area contributed by atoms with Gasteiger partial charge >= 0.3 is 12.4 Å². The van der Waals surface area contributed by atoms with Gasteiger partial charge in [-0.2, -0.15) is 26.3 Å². The molecular formula is C28H26F6N4S4. The van der Waals surface area contributed by atoms with Gasteiger partial charge in [-0.1, -0.05) is 24.3 Å². The quantitative estimate of drug-likeness (QED) is 0.0649. The summed E-state index contributed by atoms with van der Waals surface area (Å²) >= 11 is 16.2. The van der Waals surface area contributed by atoms with Gasteiger partial charge in [0.1, 0.15) is 0 Å². The first-order chi connectivity index (χ1) is 19.4. The summed E-state index contributed by atoms with van der Waals surface area (Å²) in [6.07, 6.45) is -10.6. The van der Waals surface area contributed by atoms with Crippen LogP contribution in [0.4, 0.5) is 49.1 Å². The number of nitrogen functional groups attached to an aromatic ring is 4. The van der Waals surface area contributed by atoms with Gasteiger partial charge in [-0.15, -0.1) is 50.5 Å². The fourth-order valence-corrected chi connectivity index (χ4v) is 4.90. The Bertz CT molecular complexity index is 1480. The molecule has 0 unspecified atom stereocenters. The third-order valence-electron chi connectivity index (χ3n) is 6.37. The van der Waals surface area contributed by atoms with Gasteiger partial charge in [-0.05, 0) is 77.2 Å². The number of rotatable bonds is 4. The molecule has 0 aliphatic carbocycles. The van der Waals surface area contributed by atoms with Crippen LogP contribution in [0.2, 0.25) is 0 Å². The number of anilines is 4. The molecule has 0 spiro atoms. The molecule has 4 aromatic carbocycles. The van der Waals surface area contributed by atoms with Crippen molar-refractivity contribution in [3.8, 4) is 0 Å².